The zero-order chi connectivity index (χ0) is 20.7. The van der Waals surface area contributed by atoms with Gasteiger partial charge in [0.05, 0.1) is 6.61 Å². The van der Waals surface area contributed by atoms with Crippen LogP contribution in [0.15, 0.2) is 30.3 Å². The molecule has 0 fully saturated rings. The maximum absolute atomic E-state index is 12.3. The monoisotopic (exact) mass is 381 g/mol. The van der Waals surface area contributed by atoms with Crippen LogP contribution in [0.5, 0.6) is 0 Å². The van der Waals surface area contributed by atoms with Gasteiger partial charge in [0.15, 0.2) is 11.6 Å². The van der Waals surface area contributed by atoms with Crippen molar-refractivity contribution in [1.82, 2.24) is 5.32 Å². The van der Waals surface area contributed by atoms with Crippen LogP contribution >= 0.6 is 0 Å². The highest BCUT2D eigenvalue weighted by atomic mass is 16.6. The van der Waals surface area contributed by atoms with E-state index >= 15 is 0 Å². The Hall–Kier alpha value is -2.61. The molecule has 0 aliphatic carbocycles. The molecule has 0 aromatic heterocycles. The van der Waals surface area contributed by atoms with E-state index in [1.54, 1.807) is 52.0 Å². The second kappa shape index (κ2) is 9.36. The van der Waals surface area contributed by atoms with Gasteiger partial charge in [-0.1, -0.05) is 30.3 Å². The molecule has 2 atom stereocenters. The summed E-state index contributed by atoms with van der Waals surface area (Å²) >= 11 is 0. The molecule has 0 aliphatic heterocycles. The van der Waals surface area contributed by atoms with Gasteiger partial charge in [-0.25, -0.2) is 14.4 Å². The summed E-state index contributed by atoms with van der Waals surface area (Å²) in [6.07, 6.45) is -2.97. The molecule has 0 unspecified atom stereocenters. The maximum Gasteiger partial charge on any atom is 0.408 e. The van der Waals surface area contributed by atoms with E-state index in [4.69, 9.17) is 14.2 Å². The van der Waals surface area contributed by atoms with Crippen LogP contribution in [0.3, 0.4) is 0 Å². The number of aliphatic hydroxyl groups is 1. The highest BCUT2D eigenvalue weighted by Gasteiger charge is 2.49. The quantitative estimate of drug-likeness (QED) is 0.548. The average Bonchev–Trinajstić information content (AvgIpc) is 2.58. The second-order valence-corrected chi connectivity index (χ2v) is 7.05. The standard InChI is InChI=1S/C19H27NO7/c1-6-25-16(23)19(5,20-17(24)27-18(2,3)4)14(21)15(22)26-12-13-10-8-7-9-11-13/h7-11,14,21H,6,12H2,1-5H3,(H,20,24)/t14-,19+/m0/s1. The largest absolute Gasteiger partial charge is 0.464 e. The molecular weight excluding hydrogens is 354 g/mol. The third-order valence-corrected chi connectivity index (χ3v) is 3.45. The van der Waals surface area contributed by atoms with Gasteiger partial charge in [0, 0.05) is 0 Å². The lowest BCUT2D eigenvalue weighted by molar-refractivity contribution is -0.170. The van der Waals surface area contributed by atoms with E-state index in [1.165, 1.54) is 6.92 Å². The van der Waals surface area contributed by atoms with Crippen molar-refractivity contribution in [3.63, 3.8) is 0 Å². The number of nitrogens with one attached hydrogen (secondary N) is 1. The van der Waals surface area contributed by atoms with E-state index in [0.29, 0.717) is 5.56 Å². The zero-order valence-electron chi connectivity index (χ0n) is 16.3. The number of benzene rings is 1. The summed E-state index contributed by atoms with van der Waals surface area (Å²) in [5.74, 6) is -2.06. The molecule has 0 saturated heterocycles. The van der Waals surface area contributed by atoms with E-state index in [0.717, 1.165) is 0 Å². The Morgan fingerprint density at radius 1 is 1.07 bits per heavy atom. The summed E-state index contributed by atoms with van der Waals surface area (Å²) in [7, 11) is 0. The molecule has 8 heteroatoms. The molecule has 0 radical (unpaired) electrons. The van der Waals surface area contributed by atoms with Gasteiger partial charge in [0.25, 0.3) is 0 Å². The van der Waals surface area contributed by atoms with Crippen LogP contribution in [0.2, 0.25) is 0 Å². The molecule has 1 aromatic rings. The fraction of sp³-hybridized carbons (Fsp3) is 0.526. The normalized spacial score (nSPS) is 14.4. The summed E-state index contributed by atoms with van der Waals surface area (Å²) in [5.41, 5.74) is -2.21. The third kappa shape index (κ3) is 6.90. The number of hydrogen-bond donors (Lipinski definition) is 2. The molecule has 0 aliphatic rings. The Labute approximate surface area is 158 Å². The first kappa shape index (κ1) is 22.4. The van der Waals surface area contributed by atoms with Crippen molar-refractivity contribution in [2.75, 3.05) is 6.61 Å². The van der Waals surface area contributed by atoms with Crippen molar-refractivity contribution in [2.45, 2.75) is 58.5 Å². The Bertz CT molecular complexity index is 654. The van der Waals surface area contributed by atoms with Crippen LogP contribution < -0.4 is 5.32 Å². The predicted molar refractivity (Wildman–Crippen MR) is 96.7 cm³/mol. The number of rotatable bonds is 7. The summed E-state index contributed by atoms with van der Waals surface area (Å²) in [6, 6.07) is 8.83. The number of esters is 2. The van der Waals surface area contributed by atoms with Crippen molar-refractivity contribution in [2.24, 2.45) is 0 Å². The van der Waals surface area contributed by atoms with Gasteiger partial charge in [-0.2, -0.15) is 0 Å². The number of carbonyl (C=O) groups excluding carboxylic acids is 3. The molecule has 1 amide bonds. The van der Waals surface area contributed by atoms with Crippen molar-refractivity contribution in [3.8, 4) is 0 Å². The second-order valence-electron chi connectivity index (χ2n) is 7.05. The number of ether oxygens (including phenoxy) is 3. The van der Waals surface area contributed by atoms with Crippen molar-refractivity contribution >= 4 is 18.0 Å². The van der Waals surface area contributed by atoms with Gasteiger partial charge in [0.2, 0.25) is 0 Å². The Morgan fingerprint density at radius 2 is 1.67 bits per heavy atom. The molecule has 8 nitrogen and oxygen atoms in total. The minimum Gasteiger partial charge on any atom is -0.464 e. The molecule has 0 saturated carbocycles. The van der Waals surface area contributed by atoms with Crippen LogP contribution in [0.25, 0.3) is 0 Å². The summed E-state index contributed by atoms with van der Waals surface area (Å²) < 4.78 is 15.1. The first-order valence-electron chi connectivity index (χ1n) is 8.56. The zero-order valence-corrected chi connectivity index (χ0v) is 16.3. The molecule has 150 valence electrons. The van der Waals surface area contributed by atoms with Gasteiger partial charge < -0.3 is 24.6 Å². The fourth-order valence-corrected chi connectivity index (χ4v) is 2.07. The SMILES string of the molecule is CCOC(=O)[C@](C)(NC(=O)OC(C)(C)C)[C@@H](O)C(=O)OCc1ccccc1. The average molecular weight is 381 g/mol. The molecular formula is C19H27NO7. The van der Waals surface area contributed by atoms with Crippen LogP contribution in [-0.4, -0.2) is 47.0 Å². The third-order valence-electron chi connectivity index (χ3n) is 3.45. The number of amides is 1. The van der Waals surface area contributed by atoms with Crippen molar-refractivity contribution < 1.29 is 33.7 Å². The van der Waals surface area contributed by atoms with E-state index < -0.39 is 35.3 Å². The molecule has 0 spiro atoms. The summed E-state index contributed by atoms with van der Waals surface area (Å²) in [4.78, 5) is 36.7. The maximum atomic E-state index is 12.3. The first-order valence-corrected chi connectivity index (χ1v) is 8.56. The molecule has 0 heterocycles. The van der Waals surface area contributed by atoms with Crippen LogP contribution in [-0.2, 0) is 30.4 Å². The van der Waals surface area contributed by atoms with Crippen molar-refractivity contribution in [3.05, 3.63) is 35.9 Å². The fourth-order valence-electron chi connectivity index (χ4n) is 2.07. The lowest BCUT2D eigenvalue weighted by atomic mass is 9.94. The van der Waals surface area contributed by atoms with Crippen LogP contribution in [0, 0.1) is 0 Å². The molecule has 0 bridgehead atoms. The first-order chi connectivity index (χ1) is 12.5. The van der Waals surface area contributed by atoms with Gasteiger partial charge in [-0.15, -0.1) is 0 Å². The number of carbonyl (C=O) groups is 3. The van der Waals surface area contributed by atoms with E-state index in [1.807, 2.05) is 6.07 Å². The molecule has 1 aromatic carbocycles. The van der Waals surface area contributed by atoms with Crippen LogP contribution in [0.4, 0.5) is 4.79 Å². The van der Waals surface area contributed by atoms with Gasteiger partial charge in [0.1, 0.15) is 12.2 Å². The van der Waals surface area contributed by atoms with E-state index in [2.05, 4.69) is 5.32 Å². The Kier molecular flexibility index (Phi) is 7.78. The Morgan fingerprint density at radius 3 is 2.19 bits per heavy atom. The van der Waals surface area contributed by atoms with Gasteiger partial charge in [-0.05, 0) is 40.2 Å². The minimum atomic E-state index is -2.08. The minimum absolute atomic E-state index is 0.00377. The predicted octanol–water partition coefficient (Wildman–Crippen LogP) is 1.94. The number of hydrogen-bond acceptors (Lipinski definition) is 7. The molecule has 2 N–H and O–H groups in total. The topological polar surface area (TPSA) is 111 Å². The number of aliphatic hydroxyl groups excluding tert-OH is 1. The lowest BCUT2D eigenvalue weighted by Gasteiger charge is -2.32. The lowest BCUT2D eigenvalue weighted by Crippen LogP contribution is -2.63. The van der Waals surface area contributed by atoms with Crippen molar-refractivity contribution in [1.29, 1.82) is 0 Å². The van der Waals surface area contributed by atoms with E-state index in [9.17, 15) is 19.5 Å². The highest BCUT2D eigenvalue weighted by molar-refractivity contribution is 5.92. The smallest absolute Gasteiger partial charge is 0.408 e. The van der Waals surface area contributed by atoms with Gasteiger partial charge >= 0.3 is 18.0 Å². The summed E-state index contributed by atoms with van der Waals surface area (Å²) in [5, 5.41) is 12.6. The van der Waals surface area contributed by atoms with Gasteiger partial charge in [-0.3, -0.25) is 0 Å². The molecule has 27 heavy (non-hydrogen) atoms. The van der Waals surface area contributed by atoms with E-state index in [-0.39, 0.29) is 13.2 Å². The summed E-state index contributed by atoms with van der Waals surface area (Å²) in [6.45, 7) is 7.55. The molecule has 1 rings (SSSR count). The Balaban J connectivity index is 2.91. The highest BCUT2D eigenvalue weighted by Crippen LogP contribution is 2.17. The van der Waals surface area contributed by atoms with Crippen LogP contribution in [0.1, 0.15) is 40.2 Å². The number of alkyl carbamates (subject to hydrolysis) is 1.